The first-order valence-electron chi connectivity index (χ1n) is 10.9. The van der Waals surface area contributed by atoms with Gasteiger partial charge in [0, 0.05) is 23.2 Å². The van der Waals surface area contributed by atoms with E-state index < -0.39 is 5.97 Å². The third kappa shape index (κ3) is 3.72. The third-order valence-electron chi connectivity index (χ3n) is 6.53. The summed E-state index contributed by atoms with van der Waals surface area (Å²) < 4.78 is 2.39. The SMILES string of the molecule is Nc1c(Br)c(C2CCC(C(=O)O)CC2)nc2c(-c3ccc(C4=CC=CCC4)nc3)cnn12. The van der Waals surface area contributed by atoms with Crippen LogP contribution in [0, 0.1) is 5.92 Å². The molecule has 7 nitrogen and oxygen atoms in total. The predicted octanol–water partition coefficient (Wildman–Crippen LogP) is 5.23. The first-order valence-corrected chi connectivity index (χ1v) is 11.7. The molecule has 5 rings (SSSR count). The number of nitrogens with two attached hydrogens (primary N) is 1. The van der Waals surface area contributed by atoms with E-state index >= 15 is 0 Å². The summed E-state index contributed by atoms with van der Waals surface area (Å²) in [6.45, 7) is 0. The number of rotatable bonds is 4. The third-order valence-corrected chi connectivity index (χ3v) is 7.34. The van der Waals surface area contributed by atoms with Gasteiger partial charge in [-0.05, 0) is 66.1 Å². The van der Waals surface area contributed by atoms with Crippen molar-refractivity contribution in [3.8, 4) is 11.1 Å². The van der Waals surface area contributed by atoms with Crippen LogP contribution in [0.25, 0.3) is 22.3 Å². The number of nitrogen functional groups attached to an aromatic ring is 1. The summed E-state index contributed by atoms with van der Waals surface area (Å²) in [4.78, 5) is 21.0. The van der Waals surface area contributed by atoms with Gasteiger partial charge in [-0.3, -0.25) is 9.78 Å². The van der Waals surface area contributed by atoms with Crippen molar-refractivity contribution in [1.29, 1.82) is 0 Å². The Kier molecular flexibility index (Phi) is 5.55. The van der Waals surface area contributed by atoms with Crippen LogP contribution in [0.5, 0.6) is 0 Å². The van der Waals surface area contributed by atoms with E-state index in [-0.39, 0.29) is 11.8 Å². The monoisotopic (exact) mass is 493 g/mol. The van der Waals surface area contributed by atoms with Gasteiger partial charge in [0.2, 0.25) is 0 Å². The first kappa shape index (κ1) is 20.9. The van der Waals surface area contributed by atoms with E-state index in [0.29, 0.717) is 24.3 Å². The zero-order valence-electron chi connectivity index (χ0n) is 17.5. The summed E-state index contributed by atoms with van der Waals surface area (Å²) in [5.41, 5.74) is 12.0. The van der Waals surface area contributed by atoms with Crippen molar-refractivity contribution in [3.05, 3.63) is 58.6 Å². The van der Waals surface area contributed by atoms with Crippen molar-refractivity contribution in [2.45, 2.75) is 44.4 Å². The van der Waals surface area contributed by atoms with Gasteiger partial charge in [-0.25, -0.2) is 4.98 Å². The van der Waals surface area contributed by atoms with Crippen LogP contribution in [0.1, 0.15) is 55.8 Å². The number of allylic oxidation sites excluding steroid dienone is 4. The normalized spacial score (nSPS) is 21.0. The average molecular weight is 494 g/mol. The molecule has 0 amide bonds. The summed E-state index contributed by atoms with van der Waals surface area (Å²) in [6, 6.07) is 4.09. The lowest BCUT2D eigenvalue weighted by Crippen LogP contribution is -2.21. The molecule has 0 atom stereocenters. The highest BCUT2D eigenvalue weighted by Gasteiger charge is 2.30. The number of aliphatic carboxylic acids is 1. The lowest BCUT2D eigenvalue weighted by atomic mass is 9.80. The molecule has 0 spiro atoms. The van der Waals surface area contributed by atoms with Crippen LogP contribution >= 0.6 is 15.9 Å². The number of aromatic nitrogens is 4. The van der Waals surface area contributed by atoms with Gasteiger partial charge in [-0.2, -0.15) is 9.61 Å². The van der Waals surface area contributed by atoms with Crippen molar-refractivity contribution in [3.63, 3.8) is 0 Å². The summed E-state index contributed by atoms with van der Waals surface area (Å²) in [6.07, 6.45) is 14.9. The summed E-state index contributed by atoms with van der Waals surface area (Å²) in [5.74, 6) is -0.308. The Morgan fingerprint density at radius 1 is 1.19 bits per heavy atom. The minimum Gasteiger partial charge on any atom is -0.481 e. The Bertz CT molecular complexity index is 1240. The van der Waals surface area contributed by atoms with Crippen LogP contribution in [0.2, 0.25) is 0 Å². The lowest BCUT2D eigenvalue weighted by Gasteiger charge is -2.26. The molecule has 32 heavy (non-hydrogen) atoms. The van der Waals surface area contributed by atoms with Crippen molar-refractivity contribution >= 4 is 38.9 Å². The van der Waals surface area contributed by atoms with Gasteiger partial charge in [0.05, 0.1) is 28.0 Å². The highest BCUT2D eigenvalue weighted by atomic mass is 79.9. The van der Waals surface area contributed by atoms with Crippen molar-refractivity contribution in [1.82, 2.24) is 19.6 Å². The van der Waals surface area contributed by atoms with Gasteiger partial charge < -0.3 is 10.8 Å². The van der Waals surface area contributed by atoms with Gasteiger partial charge >= 0.3 is 5.97 Å². The molecule has 8 heteroatoms. The summed E-state index contributed by atoms with van der Waals surface area (Å²) in [5, 5.41) is 13.8. The van der Waals surface area contributed by atoms with E-state index in [4.69, 9.17) is 10.7 Å². The van der Waals surface area contributed by atoms with Gasteiger partial charge in [-0.15, -0.1) is 0 Å². The number of carboxylic acid groups (broad SMARTS) is 1. The van der Waals surface area contributed by atoms with Crippen molar-refractivity contribution < 1.29 is 9.90 Å². The predicted molar refractivity (Wildman–Crippen MR) is 127 cm³/mol. The smallest absolute Gasteiger partial charge is 0.306 e. The van der Waals surface area contributed by atoms with Crippen molar-refractivity contribution in [2.75, 3.05) is 5.73 Å². The maximum atomic E-state index is 11.3. The average Bonchev–Trinajstić information content (AvgIpc) is 3.26. The number of anilines is 1. The number of carboxylic acids is 1. The van der Waals surface area contributed by atoms with Crippen LogP contribution in [0.4, 0.5) is 5.82 Å². The molecule has 0 aliphatic heterocycles. The second-order valence-corrected chi connectivity index (χ2v) is 9.26. The van der Waals surface area contributed by atoms with Crippen LogP contribution in [-0.2, 0) is 4.79 Å². The van der Waals surface area contributed by atoms with Crippen LogP contribution in [-0.4, -0.2) is 30.7 Å². The molecule has 3 aromatic rings. The second-order valence-electron chi connectivity index (χ2n) is 8.47. The quantitative estimate of drug-likeness (QED) is 0.515. The molecule has 0 unspecified atom stereocenters. The molecule has 2 aliphatic rings. The molecule has 1 saturated carbocycles. The number of halogens is 1. The van der Waals surface area contributed by atoms with E-state index in [1.54, 1.807) is 10.7 Å². The molecule has 3 heterocycles. The molecule has 0 aromatic carbocycles. The van der Waals surface area contributed by atoms with E-state index in [1.807, 2.05) is 12.3 Å². The van der Waals surface area contributed by atoms with Crippen LogP contribution in [0.3, 0.4) is 0 Å². The zero-order chi connectivity index (χ0) is 22.2. The molecular weight excluding hydrogens is 470 g/mol. The fraction of sp³-hybridized carbons (Fsp3) is 0.333. The van der Waals surface area contributed by atoms with Crippen LogP contribution < -0.4 is 5.73 Å². The fourth-order valence-electron chi connectivity index (χ4n) is 4.66. The van der Waals surface area contributed by atoms with E-state index in [1.165, 1.54) is 5.57 Å². The number of nitrogens with zero attached hydrogens (tertiary/aromatic N) is 4. The Hall–Kier alpha value is -3.00. The minimum atomic E-state index is -0.709. The molecule has 0 saturated heterocycles. The molecule has 2 aliphatic carbocycles. The first-order chi connectivity index (χ1) is 15.5. The Morgan fingerprint density at radius 2 is 2.00 bits per heavy atom. The molecule has 1 fully saturated rings. The fourth-order valence-corrected chi connectivity index (χ4v) is 5.24. The maximum Gasteiger partial charge on any atom is 0.306 e. The largest absolute Gasteiger partial charge is 0.481 e. The van der Waals surface area contributed by atoms with Gasteiger partial charge in [0.25, 0.3) is 0 Å². The summed E-state index contributed by atoms with van der Waals surface area (Å²) in [7, 11) is 0. The Balaban J connectivity index is 1.49. The van der Waals surface area contributed by atoms with Crippen molar-refractivity contribution in [2.24, 2.45) is 5.92 Å². The maximum absolute atomic E-state index is 11.3. The molecular formula is C24H24BrN5O2. The zero-order valence-corrected chi connectivity index (χ0v) is 19.1. The highest BCUT2D eigenvalue weighted by Crippen LogP contribution is 2.40. The lowest BCUT2D eigenvalue weighted by molar-refractivity contribution is -0.142. The van der Waals surface area contributed by atoms with Gasteiger partial charge in [0.15, 0.2) is 5.65 Å². The number of carbonyl (C=O) groups is 1. The Morgan fingerprint density at radius 3 is 2.66 bits per heavy atom. The highest BCUT2D eigenvalue weighted by molar-refractivity contribution is 9.10. The van der Waals surface area contributed by atoms with Gasteiger partial charge in [0.1, 0.15) is 5.82 Å². The number of fused-ring (bicyclic) bond motifs is 1. The Labute approximate surface area is 194 Å². The topological polar surface area (TPSA) is 106 Å². The molecule has 164 valence electrons. The molecule has 0 bridgehead atoms. The number of hydrogen-bond donors (Lipinski definition) is 2. The minimum absolute atomic E-state index is 0.168. The van der Waals surface area contributed by atoms with E-state index in [2.05, 4.69) is 50.3 Å². The number of hydrogen-bond acceptors (Lipinski definition) is 5. The standard InChI is InChI=1S/C24H24BrN5O2/c25-20-21(15-6-8-16(9-7-15)24(31)32)29-23-18(13-28-30(23)22(20)26)17-10-11-19(27-12-17)14-4-2-1-3-5-14/h1-2,4,10-13,15-16H,3,5-9,26H2,(H,31,32). The van der Waals surface area contributed by atoms with Gasteiger partial charge in [-0.1, -0.05) is 24.3 Å². The van der Waals surface area contributed by atoms with Crippen LogP contribution in [0.15, 0.2) is 47.2 Å². The second kappa shape index (κ2) is 8.50. The molecule has 3 aromatic heterocycles. The summed E-state index contributed by atoms with van der Waals surface area (Å²) >= 11 is 3.61. The molecule has 0 radical (unpaired) electrons. The molecule has 3 N–H and O–H groups in total. The van der Waals surface area contributed by atoms with E-state index in [9.17, 15) is 9.90 Å². The van der Waals surface area contributed by atoms with E-state index in [0.717, 1.165) is 52.7 Å². The number of pyridine rings is 1.